The van der Waals surface area contributed by atoms with Crippen LogP contribution in [0.3, 0.4) is 0 Å². The molecule has 1 fully saturated rings. The van der Waals surface area contributed by atoms with Gasteiger partial charge in [-0.05, 0) is 26.3 Å². The Kier molecular flexibility index (Phi) is 6.42. The van der Waals surface area contributed by atoms with E-state index in [0.29, 0.717) is 13.1 Å². The highest BCUT2D eigenvalue weighted by atomic mass is 16.3. The van der Waals surface area contributed by atoms with Crippen LogP contribution in [0, 0.1) is 0 Å². The third kappa shape index (κ3) is 4.12. The van der Waals surface area contributed by atoms with E-state index in [1.807, 2.05) is 51.1 Å². The van der Waals surface area contributed by atoms with Crippen LogP contribution >= 0.6 is 0 Å². The predicted octanol–water partition coefficient (Wildman–Crippen LogP) is 1.80. The van der Waals surface area contributed by atoms with Gasteiger partial charge in [-0.15, -0.1) is 0 Å². The molecule has 6 heteroatoms. The molecule has 0 aliphatic carbocycles. The minimum Gasteiger partial charge on any atom is -0.394 e. The van der Waals surface area contributed by atoms with Crippen molar-refractivity contribution in [2.75, 3.05) is 19.7 Å². The molecule has 1 saturated heterocycles. The first-order valence-corrected chi connectivity index (χ1v) is 8.90. The van der Waals surface area contributed by atoms with E-state index in [1.165, 1.54) is 6.92 Å². The van der Waals surface area contributed by atoms with Gasteiger partial charge in [0.05, 0.1) is 18.7 Å². The lowest BCUT2D eigenvalue weighted by Crippen LogP contribution is -2.68. The van der Waals surface area contributed by atoms with Crippen molar-refractivity contribution in [2.45, 2.75) is 51.7 Å². The Morgan fingerprint density at radius 1 is 1.24 bits per heavy atom. The van der Waals surface area contributed by atoms with Gasteiger partial charge in [-0.25, -0.2) is 4.79 Å². The van der Waals surface area contributed by atoms with Crippen LogP contribution in [0.5, 0.6) is 0 Å². The summed E-state index contributed by atoms with van der Waals surface area (Å²) in [6.07, 6.45) is 0. The zero-order valence-electron chi connectivity index (χ0n) is 15.5. The summed E-state index contributed by atoms with van der Waals surface area (Å²) < 4.78 is 0. The number of rotatable bonds is 6. The second-order valence-corrected chi connectivity index (χ2v) is 6.82. The Bertz CT molecular complexity index is 591. The van der Waals surface area contributed by atoms with Crippen LogP contribution in [0.25, 0.3) is 0 Å². The van der Waals surface area contributed by atoms with E-state index in [-0.39, 0.29) is 42.6 Å². The summed E-state index contributed by atoms with van der Waals surface area (Å²) >= 11 is 0. The highest BCUT2D eigenvalue weighted by molar-refractivity contribution is 5.77. The van der Waals surface area contributed by atoms with Gasteiger partial charge >= 0.3 is 6.03 Å². The number of amides is 3. The summed E-state index contributed by atoms with van der Waals surface area (Å²) in [6, 6.07) is 9.46. The zero-order chi connectivity index (χ0) is 18.6. The molecule has 1 heterocycles. The SMILES string of the molecule is CCN(C[C@@H]1[C@@H](c2ccccc2)[C@@H](CO)N1C(C)=O)C(=O)NC(C)C. The maximum atomic E-state index is 12.4. The molecule has 0 bridgehead atoms. The second kappa shape index (κ2) is 8.34. The standard InChI is InChI=1S/C19H29N3O3/c1-5-21(19(25)20-13(2)3)11-16-18(15-9-7-6-8-10-15)17(12-23)22(16)14(4)24/h6-10,13,16-18,23H,5,11-12H2,1-4H3,(H,20,25)/t16-,17-,18-/m1/s1. The van der Waals surface area contributed by atoms with Gasteiger partial charge in [-0.1, -0.05) is 30.3 Å². The Morgan fingerprint density at radius 3 is 2.36 bits per heavy atom. The van der Waals surface area contributed by atoms with Crippen molar-refractivity contribution in [3.63, 3.8) is 0 Å². The Balaban J connectivity index is 2.23. The molecule has 25 heavy (non-hydrogen) atoms. The lowest BCUT2D eigenvalue weighted by atomic mass is 9.75. The average molecular weight is 347 g/mol. The molecule has 0 spiro atoms. The van der Waals surface area contributed by atoms with Crippen molar-refractivity contribution in [2.24, 2.45) is 0 Å². The van der Waals surface area contributed by atoms with Crippen LogP contribution in [-0.4, -0.2) is 64.7 Å². The van der Waals surface area contributed by atoms with Gasteiger partial charge in [-0.2, -0.15) is 0 Å². The Hall–Kier alpha value is -2.08. The Labute approximate surface area is 149 Å². The molecule has 1 aromatic rings. The number of nitrogens with one attached hydrogen (secondary N) is 1. The Morgan fingerprint density at radius 2 is 1.88 bits per heavy atom. The van der Waals surface area contributed by atoms with Crippen molar-refractivity contribution < 1.29 is 14.7 Å². The largest absolute Gasteiger partial charge is 0.394 e. The summed E-state index contributed by atoms with van der Waals surface area (Å²) in [4.78, 5) is 27.9. The third-order valence-electron chi connectivity index (χ3n) is 4.77. The number of nitrogens with zero attached hydrogens (tertiary/aromatic N) is 2. The number of aliphatic hydroxyl groups is 1. The summed E-state index contributed by atoms with van der Waals surface area (Å²) in [6.45, 7) is 8.22. The van der Waals surface area contributed by atoms with Crippen LogP contribution in [0.15, 0.2) is 30.3 Å². The molecular formula is C19H29N3O3. The van der Waals surface area contributed by atoms with Crippen LogP contribution in [0.1, 0.15) is 39.2 Å². The lowest BCUT2D eigenvalue weighted by Gasteiger charge is -2.55. The van der Waals surface area contributed by atoms with Crippen molar-refractivity contribution in [3.05, 3.63) is 35.9 Å². The number of likely N-dealkylation sites (N-methyl/N-ethyl adjacent to an activating group) is 1. The van der Waals surface area contributed by atoms with E-state index in [4.69, 9.17) is 0 Å². The maximum Gasteiger partial charge on any atom is 0.317 e. The van der Waals surface area contributed by atoms with Crippen molar-refractivity contribution in [3.8, 4) is 0 Å². The second-order valence-electron chi connectivity index (χ2n) is 6.82. The number of likely N-dealkylation sites (tertiary alicyclic amines) is 1. The van der Waals surface area contributed by atoms with Crippen LogP contribution in [0.2, 0.25) is 0 Å². The van der Waals surface area contributed by atoms with E-state index in [0.717, 1.165) is 5.56 Å². The number of carbonyl (C=O) groups is 2. The van der Waals surface area contributed by atoms with E-state index in [2.05, 4.69) is 5.32 Å². The monoisotopic (exact) mass is 347 g/mol. The van der Waals surface area contributed by atoms with E-state index < -0.39 is 0 Å². The number of urea groups is 1. The topological polar surface area (TPSA) is 72.9 Å². The molecule has 1 aliphatic rings. The predicted molar refractivity (Wildman–Crippen MR) is 97.3 cm³/mol. The summed E-state index contributed by atoms with van der Waals surface area (Å²) in [5.41, 5.74) is 1.09. The molecule has 0 saturated carbocycles. The van der Waals surface area contributed by atoms with Crippen molar-refractivity contribution in [1.29, 1.82) is 0 Å². The number of carbonyl (C=O) groups excluding carboxylic acids is 2. The first-order valence-electron chi connectivity index (χ1n) is 8.90. The van der Waals surface area contributed by atoms with Gasteiger partial charge in [-0.3, -0.25) is 4.79 Å². The van der Waals surface area contributed by atoms with Crippen LogP contribution in [0.4, 0.5) is 4.79 Å². The fraction of sp³-hybridized carbons (Fsp3) is 0.579. The van der Waals surface area contributed by atoms with E-state index in [1.54, 1.807) is 9.80 Å². The quantitative estimate of drug-likeness (QED) is 0.824. The molecule has 2 rings (SSSR count). The van der Waals surface area contributed by atoms with E-state index in [9.17, 15) is 14.7 Å². The average Bonchev–Trinajstić information content (AvgIpc) is 2.54. The van der Waals surface area contributed by atoms with Gasteiger partial charge in [0, 0.05) is 32.0 Å². The molecular weight excluding hydrogens is 318 g/mol. The summed E-state index contributed by atoms with van der Waals surface area (Å²) in [5, 5.41) is 12.7. The smallest absolute Gasteiger partial charge is 0.317 e. The first-order chi connectivity index (χ1) is 11.9. The van der Waals surface area contributed by atoms with Crippen LogP contribution in [-0.2, 0) is 4.79 Å². The first kappa shape index (κ1) is 19.2. The highest BCUT2D eigenvalue weighted by Crippen LogP contribution is 2.41. The molecule has 6 nitrogen and oxygen atoms in total. The summed E-state index contributed by atoms with van der Waals surface area (Å²) in [7, 11) is 0. The van der Waals surface area contributed by atoms with Gasteiger partial charge in [0.15, 0.2) is 0 Å². The third-order valence-corrected chi connectivity index (χ3v) is 4.77. The number of hydrogen-bond acceptors (Lipinski definition) is 3. The molecule has 0 radical (unpaired) electrons. The molecule has 3 amide bonds. The molecule has 0 unspecified atom stereocenters. The van der Waals surface area contributed by atoms with E-state index >= 15 is 0 Å². The molecule has 2 N–H and O–H groups in total. The molecule has 3 atom stereocenters. The van der Waals surface area contributed by atoms with Gasteiger partial charge in [0.2, 0.25) is 5.91 Å². The number of aliphatic hydroxyl groups excluding tert-OH is 1. The van der Waals surface area contributed by atoms with Crippen molar-refractivity contribution in [1.82, 2.24) is 15.1 Å². The maximum absolute atomic E-state index is 12.4. The van der Waals surface area contributed by atoms with Gasteiger partial charge in [0.1, 0.15) is 0 Å². The zero-order valence-corrected chi connectivity index (χ0v) is 15.5. The molecule has 0 aromatic heterocycles. The normalized spacial score (nSPS) is 22.5. The fourth-order valence-electron chi connectivity index (χ4n) is 3.66. The number of benzene rings is 1. The fourth-order valence-corrected chi connectivity index (χ4v) is 3.66. The minimum absolute atomic E-state index is 0.0241. The van der Waals surface area contributed by atoms with Crippen molar-refractivity contribution >= 4 is 11.9 Å². The number of hydrogen-bond donors (Lipinski definition) is 2. The molecule has 1 aromatic carbocycles. The minimum atomic E-state index is -0.239. The van der Waals surface area contributed by atoms with Gasteiger partial charge < -0.3 is 20.2 Å². The highest BCUT2D eigenvalue weighted by Gasteiger charge is 2.50. The lowest BCUT2D eigenvalue weighted by molar-refractivity contribution is -0.149. The van der Waals surface area contributed by atoms with Gasteiger partial charge in [0.25, 0.3) is 0 Å². The molecule has 138 valence electrons. The summed E-state index contributed by atoms with van der Waals surface area (Å²) in [5.74, 6) is -0.0486. The molecule has 1 aliphatic heterocycles. The van der Waals surface area contributed by atoms with Crippen LogP contribution < -0.4 is 5.32 Å².